The number of aliphatic hydroxyl groups is 3. The van der Waals surface area contributed by atoms with Crippen molar-refractivity contribution >= 4 is 35.7 Å². The summed E-state index contributed by atoms with van der Waals surface area (Å²) in [7, 11) is 2.48. The molecular formula is C39H71N5O14. The van der Waals surface area contributed by atoms with Crippen molar-refractivity contribution in [1.29, 1.82) is 0 Å². The fourth-order valence-corrected chi connectivity index (χ4v) is 6.08. The molecule has 0 unspecified atom stereocenters. The smallest absolute Gasteiger partial charge is 0.328 e. The molecule has 8 N–H and O–H groups in total. The molecule has 0 saturated carbocycles. The van der Waals surface area contributed by atoms with Gasteiger partial charge >= 0.3 is 18.0 Å². The number of urea groups is 1. The molecule has 1 saturated heterocycles. The second-order valence-corrected chi connectivity index (χ2v) is 14.4. The van der Waals surface area contributed by atoms with Crippen molar-refractivity contribution in [3.05, 3.63) is 0 Å². The van der Waals surface area contributed by atoms with Gasteiger partial charge in [0.05, 0.1) is 40.1 Å². The quantitative estimate of drug-likeness (QED) is 0.0356. The van der Waals surface area contributed by atoms with Crippen LogP contribution < -0.4 is 26.6 Å². The lowest BCUT2D eigenvalue weighted by Gasteiger charge is -2.38. The van der Waals surface area contributed by atoms with Gasteiger partial charge in [-0.05, 0) is 39.0 Å². The fourth-order valence-electron chi connectivity index (χ4n) is 6.08. The van der Waals surface area contributed by atoms with Crippen LogP contribution in [0.25, 0.3) is 0 Å². The number of esters is 2. The number of nitrogens with one attached hydrogen (secondary N) is 5. The van der Waals surface area contributed by atoms with Gasteiger partial charge < -0.3 is 65.6 Å². The van der Waals surface area contributed by atoms with E-state index in [0.717, 1.165) is 38.5 Å². The molecule has 1 aliphatic heterocycles. The molecule has 0 aromatic rings. The third-order valence-electron chi connectivity index (χ3n) is 9.62. The molecule has 1 fully saturated rings. The van der Waals surface area contributed by atoms with E-state index >= 15 is 0 Å². The standard InChI is InChI=1S/C39H71N5O14/c1-6-8-10-12-17-28(36(51)54-4)42-35(50)27(43-39(53)44-29(37(52)55-5)18-13-11-9-7-2)16-14-15-21-40-30(45)19-20-31(46)41-22-23-56-24-25-57-38-34(49)33(48)32(47)26(3)58-38/h26-29,32-34,38,47-49H,6-25H2,1-5H3,(H,40,45)(H,41,46)(H,42,50)(H2,43,44,53)/t26-,27-,28-,29-,32-,33+,34+,38+/m0/s1. The third-order valence-corrected chi connectivity index (χ3v) is 9.62. The van der Waals surface area contributed by atoms with Gasteiger partial charge in [0.1, 0.15) is 36.4 Å². The van der Waals surface area contributed by atoms with Gasteiger partial charge in [-0.25, -0.2) is 14.4 Å². The highest BCUT2D eigenvalue weighted by molar-refractivity contribution is 5.91. The van der Waals surface area contributed by atoms with Crippen LogP contribution in [0.2, 0.25) is 0 Å². The number of ether oxygens (including phenoxy) is 5. The molecule has 0 aliphatic carbocycles. The number of amides is 5. The molecule has 0 aromatic carbocycles. The Balaban J connectivity index is 2.55. The molecular weight excluding hydrogens is 762 g/mol. The number of hydrogen-bond donors (Lipinski definition) is 8. The van der Waals surface area contributed by atoms with Gasteiger partial charge in [0.25, 0.3) is 0 Å². The molecule has 1 rings (SSSR count). The lowest BCUT2D eigenvalue weighted by atomic mass is 10.0. The van der Waals surface area contributed by atoms with Gasteiger partial charge in [0.2, 0.25) is 17.7 Å². The number of carbonyl (C=O) groups is 6. The minimum atomic E-state index is -1.41. The van der Waals surface area contributed by atoms with Crippen molar-refractivity contribution in [1.82, 2.24) is 26.6 Å². The highest BCUT2D eigenvalue weighted by Gasteiger charge is 2.42. The summed E-state index contributed by atoms with van der Waals surface area (Å²) in [4.78, 5) is 76.1. The number of rotatable bonds is 31. The van der Waals surface area contributed by atoms with Crippen LogP contribution in [0.4, 0.5) is 4.79 Å². The van der Waals surface area contributed by atoms with Crippen molar-refractivity contribution in [2.75, 3.05) is 47.1 Å². The molecule has 0 spiro atoms. The highest BCUT2D eigenvalue weighted by atomic mass is 16.7. The number of carbonyl (C=O) groups excluding carboxylic acids is 6. The maximum Gasteiger partial charge on any atom is 0.328 e. The van der Waals surface area contributed by atoms with E-state index in [0.29, 0.717) is 38.5 Å². The van der Waals surface area contributed by atoms with Crippen LogP contribution >= 0.6 is 0 Å². The first-order valence-corrected chi connectivity index (χ1v) is 20.7. The Morgan fingerprint density at radius 2 is 1.12 bits per heavy atom. The van der Waals surface area contributed by atoms with Crippen LogP contribution in [0.5, 0.6) is 0 Å². The monoisotopic (exact) mass is 833 g/mol. The second-order valence-electron chi connectivity index (χ2n) is 14.4. The molecule has 19 nitrogen and oxygen atoms in total. The van der Waals surface area contributed by atoms with Crippen LogP contribution in [0.15, 0.2) is 0 Å². The molecule has 5 amide bonds. The molecule has 1 heterocycles. The Morgan fingerprint density at radius 1 is 0.603 bits per heavy atom. The summed E-state index contributed by atoms with van der Waals surface area (Å²) in [5, 5.41) is 42.9. The minimum Gasteiger partial charge on any atom is -0.467 e. The maximum absolute atomic E-state index is 13.5. The van der Waals surface area contributed by atoms with Gasteiger partial charge in [-0.3, -0.25) is 14.4 Å². The Bertz CT molecular complexity index is 1210. The van der Waals surface area contributed by atoms with Gasteiger partial charge in [-0.1, -0.05) is 65.2 Å². The Labute approximate surface area is 342 Å². The highest BCUT2D eigenvalue weighted by Crippen LogP contribution is 2.21. The predicted octanol–water partition coefficient (Wildman–Crippen LogP) is 0.838. The van der Waals surface area contributed by atoms with Crippen LogP contribution in [0, 0.1) is 0 Å². The van der Waals surface area contributed by atoms with Crippen LogP contribution in [-0.2, 0) is 47.7 Å². The summed E-state index contributed by atoms with van der Waals surface area (Å²) in [6.07, 6.45) is 2.92. The first-order valence-electron chi connectivity index (χ1n) is 20.7. The van der Waals surface area contributed by atoms with Crippen molar-refractivity contribution < 1.29 is 67.8 Å². The first-order chi connectivity index (χ1) is 27.8. The van der Waals surface area contributed by atoms with E-state index < -0.39 is 72.7 Å². The average Bonchev–Trinajstić information content (AvgIpc) is 3.21. The number of hydrogen-bond acceptors (Lipinski definition) is 14. The molecule has 0 radical (unpaired) electrons. The summed E-state index contributed by atoms with van der Waals surface area (Å²) in [5.41, 5.74) is 0. The first kappa shape index (κ1) is 52.4. The molecule has 0 bridgehead atoms. The van der Waals surface area contributed by atoms with Crippen molar-refractivity contribution in [3.63, 3.8) is 0 Å². The molecule has 0 aromatic heterocycles. The fraction of sp³-hybridized carbons (Fsp3) is 0.846. The van der Waals surface area contributed by atoms with Gasteiger partial charge in [-0.2, -0.15) is 0 Å². The SMILES string of the molecule is CCCCCC[C@H](NC(=O)N[C@@H](CCCCNC(=O)CCC(=O)NCCOCCO[C@@H]1O[C@@H](C)[C@H](O)[C@@H](O)[C@H]1O)C(=O)N[C@@H](CCCCCC)C(=O)OC)C(=O)OC. The lowest BCUT2D eigenvalue weighted by molar-refractivity contribution is -0.294. The van der Waals surface area contributed by atoms with Crippen molar-refractivity contribution in [2.45, 2.75) is 166 Å². The second kappa shape index (κ2) is 31.3. The van der Waals surface area contributed by atoms with Gasteiger partial charge in [-0.15, -0.1) is 0 Å². The van der Waals surface area contributed by atoms with Crippen LogP contribution in [0.3, 0.4) is 0 Å². The van der Waals surface area contributed by atoms with E-state index in [1.54, 1.807) is 6.92 Å². The van der Waals surface area contributed by atoms with Crippen molar-refractivity contribution in [2.24, 2.45) is 0 Å². The van der Waals surface area contributed by atoms with Crippen LogP contribution in [0.1, 0.15) is 117 Å². The Morgan fingerprint density at radius 3 is 1.69 bits per heavy atom. The summed E-state index contributed by atoms with van der Waals surface area (Å²) < 4.78 is 25.9. The number of unbranched alkanes of at least 4 members (excludes halogenated alkanes) is 7. The number of methoxy groups -OCH3 is 2. The lowest BCUT2D eigenvalue weighted by Crippen LogP contribution is -2.57. The minimum absolute atomic E-state index is 0.0385. The normalized spacial score (nSPS) is 20.5. The van der Waals surface area contributed by atoms with Gasteiger partial charge in [0, 0.05) is 25.9 Å². The van der Waals surface area contributed by atoms with E-state index in [1.807, 2.05) is 0 Å². The average molecular weight is 834 g/mol. The number of aliphatic hydroxyl groups excluding tert-OH is 3. The van der Waals surface area contributed by atoms with Crippen molar-refractivity contribution in [3.8, 4) is 0 Å². The Hall–Kier alpha value is -3.62. The topological polar surface area (TPSA) is 269 Å². The van der Waals surface area contributed by atoms with E-state index in [9.17, 15) is 44.1 Å². The summed E-state index contributed by atoms with van der Waals surface area (Å²) >= 11 is 0. The van der Waals surface area contributed by atoms with E-state index in [-0.39, 0.29) is 64.0 Å². The molecule has 336 valence electrons. The van der Waals surface area contributed by atoms with Gasteiger partial charge in [0.15, 0.2) is 6.29 Å². The molecule has 58 heavy (non-hydrogen) atoms. The third kappa shape index (κ3) is 21.9. The van der Waals surface area contributed by atoms with E-state index in [4.69, 9.17) is 23.7 Å². The van der Waals surface area contributed by atoms with E-state index in [1.165, 1.54) is 14.2 Å². The van der Waals surface area contributed by atoms with E-state index in [2.05, 4.69) is 40.4 Å². The zero-order valence-corrected chi connectivity index (χ0v) is 35.1. The van der Waals surface area contributed by atoms with Crippen LogP contribution in [-0.4, -0.2) is 147 Å². The predicted molar refractivity (Wildman–Crippen MR) is 211 cm³/mol. The Kier molecular flexibility index (Phi) is 28.3. The largest absolute Gasteiger partial charge is 0.467 e. The summed E-state index contributed by atoms with van der Waals surface area (Å²) in [6, 6.07) is -3.61. The molecule has 8 atom stereocenters. The zero-order valence-electron chi connectivity index (χ0n) is 35.1. The maximum atomic E-state index is 13.5. The molecule has 1 aliphatic rings. The molecule has 19 heteroatoms. The summed E-state index contributed by atoms with van der Waals surface area (Å²) in [5.74, 6) is -2.46. The summed E-state index contributed by atoms with van der Waals surface area (Å²) in [6.45, 7) is 6.44. The zero-order chi connectivity index (χ0) is 43.3.